The number of nitrogens with zero attached hydrogens (tertiary/aromatic N) is 2. The Kier molecular flexibility index (Phi) is 3.99. The SMILES string of the molecule is COc1ccc(N/C=C/c2onc(C)c2[N+](=O)[O-])cc1. The number of methoxy groups -OCH3 is 1. The van der Waals surface area contributed by atoms with Crippen LogP contribution in [-0.2, 0) is 0 Å². The fourth-order valence-electron chi connectivity index (χ4n) is 1.61. The first-order valence-electron chi connectivity index (χ1n) is 5.79. The molecule has 0 aliphatic rings. The molecule has 0 radical (unpaired) electrons. The van der Waals surface area contributed by atoms with E-state index in [1.54, 1.807) is 25.4 Å². The minimum Gasteiger partial charge on any atom is -0.497 e. The van der Waals surface area contributed by atoms with E-state index in [4.69, 9.17) is 9.26 Å². The van der Waals surface area contributed by atoms with Crippen molar-refractivity contribution in [1.29, 1.82) is 0 Å². The lowest BCUT2D eigenvalue weighted by molar-refractivity contribution is -0.386. The zero-order chi connectivity index (χ0) is 14.5. The number of aryl methyl sites for hydroxylation is 1. The average Bonchev–Trinajstić information content (AvgIpc) is 2.81. The van der Waals surface area contributed by atoms with Crippen molar-refractivity contribution < 1.29 is 14.2 Å². The number of aromatic nitrogens is 1. The first-order valence-corrected chi connectivity index (χ1v) is 5.79. The van der Waals surface area contributed by atoms with E-state index in [2.05, 4.69) is 10.5 Å². The first kappa shape index (κ1) is 13.6. The van der Waals surface area contributed by atoms with E-state index < -0.39 is 4.92 Å². The third kappa shape index (κ3) is 2.94. The summed E-state index contributed by atoms with van der Waals surface area (Å²) >= 11 is 0. The summed E-state index contributed by atoms with van der Waals surface area (Å²) in [4.78, 5) is 10.3. The summed E-state index contributed by atoms with van der Waals surface area (Å²) in [6, 6.07) is 7.25. The van der Waals surface area contributed by atoms with Crippen LogP contribution in [0.15, 0.2) is 35.0 Å². The van der Waals surface area contributed by atoms with Gasteiger partial charge in [0.2, 0.25) is 5.76 Å². The molecule has 104 valence electrons. The van der Waals surface area contributed by atoms with Crippen molar-refractivity contribution in [2.75, 3.05) is 12.4 Å². The summed E-state index contributed by atoms with van der Waals surface area (Å²) < 4.78 is 9.94. The average molecular weight is 275 g/mol. The molecule has 0 unspecified atom stereocenters. The van der Waals surface area contributed by atoms with Gasteiger partial charge in [0.1, 0.15) is 5.75 Å². The van der Waals surface area contributed by atoms with Crippen LogP contribution in [0.5, 0.6) is 5.75 Å². The van der Waals surface area contributed by atoms with Gasteiger partial charge in [0.15, 0.2) is 5.69 Å². The summed E-state index contributed by atoms with van der Waals surface area (Å²) in [5, 5.41) is 17.4. The summed E-state index contributed by atoms with van der Waals surface area (Å²) in [6.07, 6.45) is 3.01. The largest absolute Gasteiger partial charge is 0.497 e. The summed E-state index contributed by atoms with van der Waals surface area (Å²) in [5.41, 5.74) is 0.942. The molecule has 0 amide bonds. The maximum Gasteiger partial charge on any atom is 0.338 e. The topological polar surface area (TPSA) is 90.4 Å². The molecule has 0 aliphatic carbocycles. The van der Waals surface area contributed by atoms with Crippen LogP contribution in [0, 0.1) is 17.0 Å². The lowest BCUT2D eigenvalue weighted by Gasteiger charge is -2.02. The normalized spacial score (nSPS) is 10.7. The Morgan fingerprint density at radius 3 is 2.70 bits per heavy atom. The Bertz CT molecular complexity index is 632. The van der Waals surface area contributed by atoms with E-state index in [9.17, 15) is 10.1 Å². The summed E-state index contributed by atoms with van der Waals surface area (Å²) in [7, 11) is 1.59. The minimum atomic E-state index is -0.515. The molecule has 2 aromatic rings. The van der Waals surface area contributed by atoms with Gasteiger partial charge in [0.25, 0.3) is 0 Å². The molecule has 2 rings (SSSR count). The first-order chi connectivity index (χ1) is 9.61. The Morgan fingerprint density at radius 1 is 1.40 bits per heavy atom. The second kappa shape index (κ2) is 5.87. The van der Waals surface area contributed by atoms with E-state index in [0.717, 1.165) is 11.4 Å². The molecular formula is C13H13N3O4. The van der Waals surface area contributed by atoms with Gasteiger partial charge < -0.3 is 14.6 Å². The smallest absolute Gasteiger partial charge is 0.338 e. The molecule has 1 aromatic heterocycles. The van der Waals surface area contributed by atoms with Gasteiger partial charge in [0.05, 0.1) is 12.0 Å². The van der Waals surface area contributed by atoms with Crippen LogP contribution >= 0.6 is 0 Å². The third-order valence-corrected chi connectivity index (χ3v) is 2.61. The van der Waals surface area contributed by atoms with E-state index in [1.807, 2.05) is 12.1 Å². The molecule has 1 N–H and O–H groups in total. The molecule has 0 saturated carbocycles. The Balaban J connectivity index is 2.08. The minimum absolute atomic E-state index is 0.105. The van der Waals surface area contributed by atoms with Crippen molar-refractivity contribution in [2.24, 2.45) is 0 Å². The zero-order valence-corrected chi connectivity index (χ0v) is 11.0. The van der Waals surface area contributed by atoms with Crippen molar-refractivity contribution in [3.8, 4) is 5.75 Å². The molecule has 0 aliphatic heterocycles. The number of nitrogens with one attached hydrogen (secondary N) is 1. The Hall–Kier alpha value is -2.83. The van der Waals surface area contributed by atoms with Crippen LogP contribution in [0.25, 0.3) is 6.08 Å². The molecule has 20 heavy (non-hydrogen) atoms. The number of hydrogen-bond acceptors (Lipinski definition) is 6. The van der Waals surface area contributed by atoms with Crippen molar-refractivity contribution in [1.82, 2.24) is 5.16 Å². The van der Waals surface area contributed by atoms with Gasteiger partial charge in [0, 0.05) is 18.0 Å². The van der Waals surface area contributed by atoms with E-state index >= 15 is 0 Å². The van der Waals surface area contributed by atoms with E-state index in [0.29, 0.717) is 0 Å². The van der Waals surface area contributed by atoms with Gasteiger partial charge in [-0.2, -0.15) is 0 Å². The predicted octanol–water partition coefficient (Wildman–Crippen LogP) is 2.98. The highest BCUT2D eigenvalue weighted by atomic mass is 16.6. The number of nitro groups is 1. The van der Waals surface area contributed by atoms with Crippen molar-refractivity contribution in [3.05, 3.63) is 52.0 Å². The van der Waals surface area contributed by atoms with Crippen molar-refractivity contribution in [3.63, 3.8) is 0 Å². The maximum atomic E-state index is 10.8. The van der Waals surface area contributed by atoms with Gasteiger partial charge in [-0.25, -0.2) is 0 Å². The number of hydrogen-bond donors (Lipinski definition) is 1. The standard InChI is InChI=1S/C13H13N3O4/c1-9-13(16(17)18)12(20-15-9)7-8-14-10-3-5-11(19-2)6-4-10/h3-8,14H,1-2H3/b8-7+. The van der Waals surface area contributed by atoms with Gasteiger partial charge in [-0.05, 0) is 31.2 Å². The summed E-state index contributed by atoms with van der Waals surface area (Å²) in [5.74, 6) is 0.856. The van der Waals surface area contributed by atoms with Crippen molar-refractivity contribution >= 4 is 17.5 Å². The van der Waals surface area contributed by atoms with E-state index in [1.165, 1.54) is 13.0 Å². The molecule has 1 heterocycles. The molecule has 7 heteroatoms. The Labute approximate surface area is 115 Å². The highest BCUT2D eigenvalue weighted by molar-refractivity contribution is 5.60. The molecule has 0 atom stereocenters. The van der Waals surface area contributed by atoms with Crippen molar-refractivity contribution in [2.45, 2.75) is 6.92 Å². The van der Waals surface area contributed by atoms with Gasteiger partial charge in [-0.3, -0.25) is 10.1 Å². The third-order valence-electron chi connectivity index (χ3n) is 2.61. The number of rotatable bonds is 5. The van der Waals surface area contributed by atoms with Gasteiger partial charge in [-0.15, -0.1) is 0 Å². The van der Waals surface area contributed by atoms with Gasteiger partial charge >= 0.3 is 5.69 Å². The maximum absolute atomic E-state index is 10.8. The number of benzene rings is 1. The molecule has 0 fully saturated rings. The van der Waals surface area contributed by atoms with Crippen LogP contribution < -0.4 is 10.1 Å². The lowest BCUT2D eigenvalue weighted by atomic mass is 10.3. The number of anilines is 1. The Morgan fingerprint density at radius 2 is 2.10 bits per heavy atom. The highest BCUT2D eigenvalue weighted by Gasteiger charge is 2.21. The molecular weight excluding hydrogens is 262 g/mol. The van der Waals surface area contributed by atoms with Crippen LogP contribution in [0.1, 0.15) is 11.5 Å². The summed E-state index contributed by atoms with van der Waals surface area (Å²) in [6.45, 7) is 1.52. The van der Waals surface area contributed by atoms with Crippen LogP contribution in [0.3, 0.4) is 0 Å². The quantitative estimate of drug-likeness (QED) is 0.666. The second-order valence-corrected chi connectivity index (χ2v) is 3.94. The fourth-order valence-corrected chi connectivity index (χ4v) is 1.61. The molecule has 0 spiro atoms. The molecule has 0 saturated heterocycles. The van der Waals surface area contributed by atoms with E-state index in [-0.39, 0.29) is 17.1 Å². The van der Waals surface area contributed by atoms with Crippen LogP contribution in [0.4, 0.5) is 11.4 Å². The van der Waals surface area contributed by atoms with Gasteiger partial charge in [-0.1, -0.05) is 5.16 Å². The lowest BCUT2D eigenvalue weighted by Crippen LogP contribution is -1.91. The highest BCUT2D eigenvalue weighted by Crippen LogP contribution is 2.23. The second-order valence-electron chi connectivity index (χ2n) is 3.94. The molecule has 0 bridgehead atoms. The van der Waals surface area contributed by atoms with Crippen LogP contribution in [0.2, 0.25) is 0 Å². The fraction of sp³-hybridized carbons (Fsp3) is 0.154. The number of ether oxygens (including phenoxy) is 1. The zero-order valence-electron chi connectivity index (χ0n) is 11.0. The molecule has 7 nitrogen and oxygen atoms in total. The molecule has 1 aromatic carbocycles. The monoisotopic (exact) mass is 275 g/mol. The predicted molar refractivity (Wildman–Crippen MR) is 73.5 cm³/mol. The van der Waals surface area contributed by atoms with Crippen LogP contribution in [-0.4, -0.2) is 17.2 Å².